The molecule has 0 aliphatic heterocycles. The number of hydrogen-bond acceptors (Lipinski definition) is 4. The highest BCUT2D eigenvalue weighted by atomic mass is 35.5. The molecule has 0 bridgehead atoms. The molecule has 3 rings (SSSR count). The van der Waals surface area contributed by atoms with Crippen molar-refractivity contribution in [3.05, 3.63) is 63.9 Å². The van der Waals surface area contributed by atoms with Crippen LogP contribution in [-0.4, -0.2) is 28.6 Å². The van der Waals surface area contributed by atoms with Crippen molar-refractivity contribution in [3.8, 4) is 0 Å². The molecule has 0 unspecified atom stereocenters. The molecule has 5 nitrogen and oxygen atoms in total. The third-order valence-corrected chi connectivity index (χ3v) is 4.82. The van der Waals surface area contributed by atoms with Crippen LogP contribution in [0.3, 0.4) is 0 Å². The standard InChI is InChI=1S/C21H22ClNO4/c22-18-13-16(14-10-11-14)19(20(24)25)17(23-18)9-5-2-6-12-27-21(26)15-7-3-1-4-8-15/h1,3-4,7-8,13-14H,2,5-6,9-12H2,(H,24,25). The highest BCUT2D eigenvalue weighted by Gasteiger charge is 2.30. The van der Waals surface area contributed by atoms with Crippen LogP contribution in [-0.2, 0) is 11.2 Å². The van der Waals surface area contributed by atoms with Crippen LogP contribution in [0.15, 0.2) is 36.4 Å². The third-order valence-electron chi connectivity index (χ3n) is 4.63. The van der Waals surface area contributed by atoms with E-state index < -0.39 is 5.97 Å². The lowest BCUT2D eigenvalue weighted by atomic mass is 9.99. The van der Waals surface area contributed by atoms with Gasteiger partial charge in [0, 0.05) is 0 Å². The van der Waals surface area contributed by atoms with Crippen molar-refractivity contribution in [2.45, 2.75) is 44.4 Å². The maximum atomic E-state index is 11.9. The molecular weight excluding hydrogens is 366 g/mol. The first kappa shape index (κ1) is 19.4. The number of aromatic carboxylic acids is 1. The van der Waals surface area contributed by atoms with E-state index in [1.54, 1.807) is 30.3 Å². The maximum absolute atomic E-state index is 11.9. The van der Waals surface area contributed by atoms with Gasteiger partial charge in [0.15, 0.2) is 0 Å². The van der Waals surface area contributed by atoms with E-state index in [0.717, 1.165) is 37.7 Å². The molecule has 1 saturated carbocycles. The number of carboxylic acids is 1. The molecule has 142 valence electrons. The van der Waals surface area contributed by atoms with E-state index in [-0.39, 0.29) is 5.97 Å². The van der Waals surface area contributed by atoms with Crippen LogP contribution in [0.2, 0.25) is 5.15 Å². The van der Waals surface area contributed by atoms with E-state index in [0.29, 0.717) is 40.9 Å². The van der Waals surface area contributed by atoms with Crippen LogP contribution in [0, 0.1) is 0 Å². The van der Waals surface area contributed by atoms with Gasteiger partial charge in [-0.25, -0.2) is 14.6 Å². The first-order chi connectivity index (χ1) is 13.1. The Balaban J connectivity index is 1.48. The van der Waals surface area contributed by atoms with Gasteiger partial charge in [0.25, 0.3) is 0 Å². The molecule has 1 N–H and O–H groups in total. The summed E-state index contributed by atoms with van der Waals surface area (Å²) < 4.78 is 5.25. The SMILES string of the molecule is O=C(OCCCCCc1nc(Cl)cc(C2CC2)c1C(=O)O)c1ccccc1. The molecule has 1 aliphatic rings. The molecule has 2 aromatic rings. The zero-order valence-corrected chi connectivity index (χ0v) is 15.7. The third kappa shape index (κ3) is 5.30. The highest BCUT2D eigenvalue weighted by Crippen LogP contribution is 2.43. The number of benzene rings is 1. The predicted molar refractivity (Wildman–Crippen MR) is 102 cm³/mol. The van der Waals surface area contributed by atoms with Crippen molar-refractivity contribution in [2.24, 2.45) is 0 Å². The van der Waals surface area contributed by atoms with Gasteiger partial charge in [-0.15, -0.1) is 0 Å². The van der Waals surface area contributed by atoms with Gasteiger partial charge in [0.1, 0.15) is 5.15 Å². The van der Waals surface area contributed by atoms with Gasteiger partial charge in [0.05, 0.1) is 23.4 Å². The summed E-state index contributed by atoms with van der Waals surface area (Å²) in [6.07, 6.45) is 4.86. The van der Waals surface area contributed by atoms with E-state index in [1.165, 1.54) is 0 Å². The zero-order valence-electron chi connectivity index (χ0n) is 15.0. The van der Waals surface area contributed by atoms with Crippen molar-refractivity contribution in [1.29, 1.82) is 0 Å². The smallest absolute Gasteiger partial charge is 0.338 e. The molecule has 27 heavy (non-hydrogen) atoms. The molecule has 1 aromatic carbocycles. The summed E-state index contributed by atoms with van der Waals surface area (Å²) in [6.45, 7) is 0.343. The largest absolute Gasteiger partial charge is 0.478 e. The number of esters is 1. The summed E-state index contributed by atoms with van der Waals surface area (Å²) >= 11 is 6.09. The number of pyridine rings is 1. The van der Waals surface area contributed by atoms with E-state index in [4.69, 9.17) is 16.3 Å². The Bertz CT molecular complexity index is 818. The number of aryl methyl sites for hydroxylation is 1. The molecule has 1 aromatic heterocycles. The van der Waals surface area contributed by atoms with Gasteiger partial charge in [0.2, 0.25) is 0 Å². The second-order valence-corrected chi connectivity index (χ2v) is 7.14. The number of rotatable bonds is 9. The summed E-state index contributed by atoms with van der Waals surface area (Å²) in [6, 6.07) is 10.6. The number of carbonyl (C=O) groups is 2. The fourth-order valence-electron chi connectivity index (χ4n) is 3.12. The van der Waals surface area contributed by atoms with Crippen LogP contribution in [0.4, 0.5) is 0 Å². The van der Waals surface area contributed by atoms with Gasteiger partial charge >= 0.3 is 11.9 Å². The number of carbonyl (C=O) groups excluding carboxylic acids is 1. The van der Waals surface area contributed by atoms with Crippen molar-refractivity contribution >= 4 is 23.5 Å². The molecule has 1 fully saturated rings. The van der Waals surface area contributed by atoms with E-state index in [9.17, 15) is 14.7 Å². The number of nitrogens with zero attached hydrogens (tertiary/aromatic N) is 1. The number of ether oxygens (including phenoxy) is 1. The summed E-state index contributed by atoms with van der Waals surface area (Å²) in [4.78, 5) is 27.8. The lowest BCUT2D eigenvalue weighted by molar-refractivity contribution is 0.0497. The van der Waals surface area contributed by atoms with Crippen LogP contribution < -0.4 is 0 Å². The lowest BCUT2D eigenvalue weighted by Crippen LogP contribution is -2.10. The minimum Gasteiger partial charge on any atom is -0.478 e. The normalized spacial score (nSPS) is 13.4. The Morgan fingerprint density at radius 2 is 1.89 bits per heavy atom. The summed E-state index contributed by atoms with van der Waals surface area (Å²) in [7, 11) is 0. The van der Waals surface area contributed by atoms with E-state index in [2.05, 4.69) is 4.98 Å². The van der Waals surface area contributed by atoms with Crippen molar-refractivity contribution in [1.82, 2.24) is 4.98 Å². The fourth-order valence-corrected chi connectivity index (χ4v) is 3.34. The Kier molecular flexibility index (Phi) is 6.45. The number of aromatic nitrogens is 1. The number of unbranched alkanes of at least 4 members (excludes halogenated alkanes) is 2. The zero-order chi connectivity index (χ0) is 19.2. The Labute approximate surface area is 163 Å². The second-order valence-electron chi connectivity index (χ2n) is 6.75. The molecule has 6 heteroatoms. The fraction of sp³-hybridized carbons (Fsp3) is 0.381. The summed E-state index contributed by atoms with van der Waals surface area (Å²) in [5.41, 5.74) is 2.23. The lowest BCUT2D eigenvalue weighted by Gasteiger charge is -2.11. The average Bonchev–Trinajstić information content (AvgIpc) is 3.49. The van der Waals surface area contributed by atoms with Gasteiger partial charge in [-0.2, -0.15) is 0 Å². The summed E-state index contributed by atoms with van der Waals surface area (Å²) in [5, 5.41) is 9.94. The Hall–Kier alpha value is -2.40. The molecule has 1 heterocycles. The van der Waals surface area contributed by atoms with Crippen LogP contribution in [0.5, 0.6) is 0 Å². The average molecular weight is 388 g/mol. The Morgan fingerprint density at radius 3 is 2.56 bits per heavy atom. The van der Waals surface area contributed by atoms with Gasteiger partial charge < -0.3 is 9.84 Å². The van der Waals surface area contributed by atoms with Gasteiger partial charge in [-0.1, -0.05) is 29.8 Å². The molecular formula is C21H22ClNO4. The molecule has 0 amide bonds. The monoisotopic (exact) mass is 387 g/mol. The topological polar surface area (TPSA) is 76.5 Å². The van der Waals surface area contributed by atoms with Crippen molar-refractivity contribution in [3.63, 3.8) is 0 Å². The maximum Gasteiger partial charge on any atom is 0.338 e. The van der Waals surface area contributed by atoms with Crippen LogP contribution in [0.1, 0.15) is 70.0 Å². The first-order valence-corrected chi connectivity index (χ1v) is 9.59. The quantitative estimate of drug-likeness (QED) is 0.377. The van der Waals surface area contributed by atoms with E-state index >= 15 is 0 Å². The van der Waals surface area contributed by atoms with Gasteiger partial charge in [-0.3, -0.25) is 0 Å². The minimum atomic E-state index is -0.937. The van der Waals surface area contributed by atoms with Crippen LogP contribution in [0.25, 0.3) is 0 Å². The second kappa shape index (κ2) is 9.00. The Morgan fingerprint density at radius 1 is 1.15 bits per heavy atom. The molecule has 0 atom stereocenters. The highest BCUT2D eigenvalue weighted by molar-refractivity contribution is 6.29. The minimum absolute atomic E-state index is 0.299. The van der Waals surface area contributed by atoms with Crippen molar-refractivity contribution < 1.29 is 19.4 Å². The molecule has 0 radical (unpaired) electrons. The van der Waals surface area contributed by atoms with Crippen LogP contribution >= 0.6 is 11.6 Å². The molecule has 0 saturated heterocycles. The van der Waals surface area contributed by atoms with E-state index in [1.807, 2.05) is 6.07 Å². The predicted octanol–water partition coefficient (Wildman–Crippen LogP) is 4.88. The molecule has 1 aliphatic carbocycles. The van der Waals surface area contributed by atoms with Gasteiger partial charge in [-0.05, 0) is 68.2 Å². The molecule has 0 spiro atoms. The van der Waals surface area contributed by atoms with Crippen molar-refractivity contribution in [2.75, 3.05) is 6.61 Å². The number of hydrogen-bond donors (Lipinski definition) is 1. The first-order valence-electron chi connectivity index (χ1n) is 9.21. The number of halogens is 1. The summed E-state index contributed by atoms with van der Waals surface area (Å²) in [5.74, 6) is -0.963. The number of carboxylic acid groups (broad SMARTS) is 1.